The van der Waals surface area contributed by atoms with E-state index in [4.69, 9.17) is 9.47 Å². The van der Waals surface area contributed by atoms with Gasteiger partial charge in [-0.1, -0.05) is 30.3 Å². The summed E-state index contributed by atoms with van der Waals surface area (Å²) in [5.74, 6) is -0.830. The number of carbonyl (C=O) groups excluding carboxylic acids is 2. The molecule has 3 atom stereocenters. The second-order valence-corrected chi connectivity index (χ2v) is 6.28. The maximum absolute atomic E-state index is 12.3. The second kappa shape index (κ2) is 8.83. The van der Waals surface area contributed by atoms with Crippen molar-refractivity contribution >= 4 is 11.9 Å². The smallest absolute Gasteiger partial charge is 0.310 e. The largest absolute Gasteiger partial charge is 0.469 e. The molecule has 24 heavy (non-hydrogen) atoms. The zero-order valence-electron chi connectivity index (χ0n) is 14.7. The number of likely N-dealkylation sites (tertiary alicyclic amines) is 1. The van der Waals surface area contributed by atoms with Crippen molar-refractivity contribution in [3.8, 4) is 0 Å². The van der Waals surface area contributed by atoms with E-state index >= 15 is 0 Å². The number of esters is 2. The number of ether oxygens (including phenoxy) is 2. The van der Waals surface area contributed by atoms with E-state index < -0.39 is 0 Å². The topological polar surface area (TPSA) is 55.8 Å². The fraction of sp³-hybridized carbons (Fsp3) is 0.579. The van der Waals surface area contributed by atoms with Crippen molar-refractivity contribution in [1.29, 1.82) is 0 Å². The van der Waals surface area contributed by atoms with E-state index in [0.29, 0.717) is 6.42 Å². The molecule has 0 radical (unpaired) electrons. The lowest BCUT2D eigenvalue weighted by Crippen LogP contribution is -2.41. The van der Waals surface area contributed by atoms with E-state index in [1.807, 2.05) is 18.2 Å². The van der Waals surface area contributed by atoms with Crippen molar-refractivity contribution in [2.24, 2.45) is 5.92 Å². The Morgan fingerprint density at radius 2 is 1.92 bits per heavy atom. The van der Waals surface area contributed by atoms with Gasteiger partial charge in [-0.25, -0.2) is 0 Å². The molecular formula is C19H27NO4. The fourth-order valence-corrected chi connectivity index (χ4v) is 3.64. The normalized spacial score (nSPS) is 20.4. The molecule has 0 unspecified atom stereocenters. The standard InChI is InChI=1S/C19H27NO4/c1-14(15-8-5-4-6-9-15)20-13-7-10-17(20)16(19(22)24-3)11-12-18(21)23-2/h4-6,8-9,14,16-17H,7,10-13H2,1-3H3/t14-,16+,17-/m1/s1. The molecule has 0 spiro atoms. The Bertz CT molecular complexity index is 546. The van der Waals surface area contributed by atoms with Gasteiger partial charge in [-0.15, -0.1) is 0 Å². The number of nitrogens with zero attached hydrogens (tertiary/aromatic N) is 1. The van der Waals surface area contributed by atoms with Crippen molar-refractivity contribution in [2.75, 3.05) is 20.8 Å². The first kappa shape index (κ1) is 18.5. The molecule has 1 aromatic rings. The minimum atomic E-state index is -0.303. The summed E-state index contributed by atoms with van der Waals surface area (Å²) < 4.78 is 9.72. The maximum Gasteiger partial charge on any atom is 0.310 e. The van der Waals surface area contributed by atoms with Gasteiger partial charge < -0.3 is 9.47 Å². The number of rotatable bonds is 7. The SMILES string of the molecule is COC(=O)CC[C@H](C(=O)OC)[C@H]1CCCN1[C@H](C)c1ccccc1. The van der Waals surface area contributed by atoms with Crippen LogP contribution in [0, 0.1) is 5.92 Å². The molecule has 0 aliphatic carbocycles. The first-order valence-corrected chi connectivity index (χ1v) is 8.53. The van der Waals surface area contributed by atoms with Crippen molar-refractivity contribution < 1.29 is 19.1 Å². The van der Waals surface area contributed by atoms with Gasteiger partial charge in [0.2, 0.25) is 0 Å². The monoisotopic (exact) mass is 333 g/mol. The van der Waals surface area contributed by atoms with E-state index in [2.05, 4.69) is 24.0 Å². The number of benzene rings is 1. The van der Waals surface area contributed by atoms with Crippen LogP contribution in [0.1, 0.15) is 44.2 Å². The molecule has 5 nitrogen and oxygen atoms in total. The van der Waals surface area contributed by atoms with Gasteiger partial charge in [0, 0.05) is 18.5 Å². The van der Waals surface area contributed by atoms with Gasteiger partial charge in [0.1, 0.15) is 0 Å². The van der Waals surface area contributed by atoms with Crippen LogP contribution in [0.2, 0.25) is 0 Å². The average molecular weight is 333 g/mol. The molecule has 0 N–H and O–H groups in total. The lowest BCUT2D eigenvalue weighted by atomic mass is 9.91. The lowest BCUT2D eigenvalue weighted by Gasteiger charge is -2.34. The summed E-state index contributed by atoms with van der Waals surface area (Å²) in [5.41, 5.74) is 1.24. The van der Waals surface area contributed by atoms with E-state index in [1.54, 1.807) is 0 Å². The first-order chi connectivity index (χ1) is 11.6. The van der Waals surface area contributed by atoms with Crippen LogP contribution in [-0.2, 0) is 19.1 Å². The van der Waals surface area contributed by atoms with Crippen molar-refractivity contribution in [1.82, 2.24) is 4.90 Å². The predicted octanol–water partition coefficient (Wildman–Crippen LogP) is 2.95. The van der Waals surface area contributed by atoms with E-state index in [-0.39, 0.29) is 36.4 Å². The lowest BCUT2D eigenvalue weighted by molar-refractivity contribution is -0.149. The van der Waals surface area contributed by atoms with Crippen LogP contribution in [-0.4, -0.2) is 43.6 Å². The molecule has 1 aliphatic heterocycles. The second-order valence-electron chi connectivity index (χ2n) is 6.28. The Labute approximate surface area is 143 Å². The van der Waals surface area contributed by atoms with E-state index in [0.717, 1.165) is 19.4 Å². The van der Waals surface area contributed by atoms with Gasteiger partial charge >= 0.3 is 11.9 Å². The highest BCUT2D eigenvalue weighted by Crippen LogP contribution is 2.34. The summed E-state index contributed by atoms with van der Waals surface area (Å²) in [4.78, 5) is 26.2. The van der Waals surface area contributed by atoms with Crippen molar-refractivity contribution in [2.45, 2.75) is 44.7 Å². The number of hydrogen-bond donors (Lipinski definition) is 0. The van der Waals surface area contributed by atoms with Gasteiger partial charge in [0.05, 0.1) is 20.1 Å². The molecule has 5 heteroatoms. The van der Waals surface area contributed by atoms with E-state index in [9.17, 15) is 9.59 Å². The third-order valence-electron chi connectivity index (χ3n) is 4.98. The van der Waals surface area contributed by atoms with Crippen molar-refractivity contribution in [3.05, 3.63) is 35.9 Å². The number of carbonyl (C=O) groups is 2. The summed E-state index contributed by atoms with van der Waals surface area (Å²) in [6.07, 6.45) is 2.69. The Kier molecular flexibility index (Phi) is 6.79. The summed E-state index contributed by atoms with van der Waals surface area (Å²) in [6, 6.07) is 10.6. The highest BCUT2D eigenvalue weighted by molar-refractivity contribution is 5.75. The van der Waals surface area contributed by atoms with Gasteiger partial charge in [0.15, 0.2) is 0 Å². The van der Waals surface area contributed by atoms with Gasteiger partial charge in [-0.3, -0.25) is 14.5 Å². The molecule has 1 heterocycles. The highest BCUT2D eigenvalue weighted by Gasteiger charge is 2.39. The summed E-state index contributed by atoms with van der Waals surface area (Å²) >= 11 is 0. The fourth-order valence-electron chi connectivity index (χ4n) is 3.64. The zero-order chi connectivity index (χ0) is 17.5. The molecule has 0 saturated carbocycles. The van der Waals surface area contributed by atoms with Gasteiger partial charge in [-0.05, 0) is 38.3 Å². The van der Waals surface area contributed by atoms with Crippen LogP contribution in [0.4, 0.5) is 0 Å². The van der Waals surface area contributed by atoms with Crippen LogP contribution in [0.15, 0.2) is 30.3 Å². The quantitative estimate of drug-likeness (QED) is 0.718. The van der Waals surface area contributed by atoms with E-state index in [1.165, 1.54) is 19.8 Å². The Morgan fingerprint density at radius 1 is 1.21 bits per heavy atom. The summed E-state index contributed by atoms with van der Waals surface area (Å²) in [5, 5.41) is 0. The summed E-state index contributed by atoms with van der Waals surface area (Å²) in [6.45, 7) is 3.12. The minimum absolute atomic E-state index is 0.0947. The highest BCUT2D eigenvalue weighted by atomic mass is 16.5. The molecule has 0 aromatic heterocycles. The number of hydrogen-bond acceptors (Lipinski definition) is 5. The predicted molar refractivity (Wildman–Crippen MR) is 91.3 cm³/mol. The average Bonchev–Trinajstić information content (AvgIpc) is 3.10. The molecule has 132 valence electrons. The molecule has 1 aromatic carbocycles. The third-order valence-corrected chi connectivity index (χ3v) is 4.98. The Balaban J connectivity index is 2.14. The van der Waals surface area contributed by atoms with Crippen LogP contribution in [0.3, 0.4) is 0 Å². The van der Waals surface area contributed by atoms with Gasteiger partial charge in [0.25, 0.3) is 0 Å². The first-order valence-electron chi connectivity index (χ1n) is 8.53. The maximum atomic E-state index is 12.3. The van der Waals surface area contributed by atoms with Gasteiger partial charge in [-0.2, -0.15) is 0 Å². The molecule has 0 bridgehead atoms. The molecule has 0 amide bonds. The van der Waals surface area contributed by atoms with Crippen LogP contribution in [0.25, 0.3) is 0 Å². The number of methoxy groups -OCH3 is 2. The Hall–Kier alpha value is -1.88. The van der Waals surface area contributed by atoms with Crippen LogP contribution < -0.4 is 0 Å². The molecule has 1 aliphatic rings. The molecule has 2 rings (SSSR count). The minimum Gasteiger partial charge on any atom is -0.469 e. The summed E-state index contributed by atoms with van der Waals surface area (Å²) in [7, 11) is 2.78. The molecule has 1 fully saturated rings. The third kappa shape index (κ3) is 4.35. The molecule has 1 saturated heterocycles. The Morgan fingerprint density at radius 3 is 2.54 bits per heavy atom. The van der Waals surface area contributed by atoms with Crippen molar-refractivity contribution in [3.63, 3.8) is 0 Å². The van der Waals surface area contributed by atoms with Crippen LogP contribution >= 0.6 is 0 Å². The molecular weight excluding hydrogens is 306 g/mol. The zero-order valence-corrected chi connectivity index (χ0v) is 14.7. The van der Waals surface area contributed by atoms with Crippen LogP contribution in [0.5, 0.6) is 0 Å².